The van der Waals surface area contributed by atoms with Crippen LogP contribution in [0.15, 0.2) is 30.9 Å². The lowest BCUT2D eigenvalue weighted by atomic mass is 9.74. The summed E-state index contributed by atoms with van der Waals surface area (Å²) in [6, 6.07) is 4.97. The third kappa shape index (κ3) is 5.96. The number of nitrogens with zero attached hydrogens (tertiary/aromatic N) is 7. The van der Waals surface area contributed by atoms with Crippen LogP contribution in [-0.2, 0) is 17.8 Å². The third-order valence-corrected chi connectivity index (χ3v) is 10.6. The van der Waals surface area contributed by atoms with Crippen LogP contribution in [0.4, 0.5) is 15.9 Å². The number of benzene rings is 1. The minimum atomic E-state index is -0.445. The van der Waals surface area contributed by atoms with Gasteiger partial charge in [0, 0.05) is 43.7 Å². The van der Waals surface area contributed by atoms with Crippen molar-refractivity contribution in [3.05, 3.63) is 64.4 Å². The molecule has 11 heteroatoms. The Balaban J connectivity index is 1.32. The number of fused-ring (bicyclic) bond motifs is 1. The second-order valence-corrected chi connectivity index (χ2v) is 13.2. The number of aromatic nitrogens is 2. The molecule has 234 valence electrons. The Morgan fingerprint density at radius 1 is 1.20 bits per heavy atom. The summed E-state index contributed by atoms with van der Waals surface area (Å²) in [5.41, 5.74) is 2.63. The largest absolute Gasteiger partial charge is 0.463 e. The number of ether oxygens (including phenoxy) is 1. The number of carbonyl (C=O) groups excluding carboxylic acids is 1. The molecule has 1 amide bonds. The van der Waals surface area contributed by atoms with Crippen LogP contribution in [0.2, 0.25) is 5.02 Å². The van der Waals surface area contributed by atoms with Crippen molar-refractivity contribution in [1.82, 2.24) is 19.8 Å². The van der Waals surface area contributed by atoms with E-state index in [0.717, 1.165) is 43.0 Å². The number of carbonyl (C=O) groups is 1. The molecule has 2 saturated heterocycles. The normalized spacial score (nSPS) is 23.4. The maximum Gasteiger partial charge on any atom is 0.318 e. The third-order valence-electron chi connectivity index (χ3n) is 10.2. The molecule has 4 aliphatic rings. The van der Waals surface area contributed by atoms with E-state index < -0.39 is 5.82 Å². The van der Waals surface area contributed by atoms with Gasteiger partial charge >= 0.3 is 6.01 Å². The summed E-state index contributed by atoms with van der Waals surface area (Å²) in [7, 11) is 2.20. The second-order valence-electron chi connectivity index (χ2n) is 12.8. The molecule has 1 unspecified atom stereocenters. The summed E-state index contributed by atoms with van der Waals surface area (Å²) in [5, 5.41) is 0.108. The molecule has 2 atom stereocenters. The lowest BCUT2D eigenvalue weighted by molar-refractivity contribution is -0.128. The van der Waals surface area contributed by atoms with Crippen molar-refractivity contribution < 1.29 is 13.9 Å². The van der Waals surface area contributed by atoms with Crippen molar-refractivity contribution in [2.24, 2.45) is 11.3 Å². The Kier molecular flexibility index (Phi) is 8.97. The molecule has 6 rings (SSSR count). The quantitative estimate of drug-likeness (QED) is 0.309. The lowest BCUT2D eigenvalue weighted by Gasteiger charge is -2.41. The summed E-state index contributed by atoms with van der Waals surface area (Å²) in [6.45, 7) is 16.8. The maximum atomic E-state index is 14.4. The van der Waals surface area contributed by atoms with Gasteiger partial charge in [-0.3, -0.25) is 4.79 Å². The van der Waals surface area contributed by atoms with Gasteiger partial charge in [0.2, 0.25) is 12.5 Å². The number of amides is 1. The van der Waals surface area contributed by atoms with E-state index in [0.29, 0.717) is 63.4 Å². The van der Waals surface area contributed by atoms with Crippen molar-refractivity contribution in [2.45, 2.75) is 51.1 Å². The fourth-order valence-corrected chi connectivity index (χ4v) is 8.01. The van der Waals surface area contributed by atoms with Gasteiger partial charge < -0.3 is 29.2 Å². The first-order chi connectivity index (χ1) is 21.3. The van der Waals surface area contributed by atoms with Crippen molar-refractivity contribution in [1.29, 1.82) is 0 Å². The van der Waals surface area contributed by atoms with Gasteiger partial charge in [-0.1, -0.05) is 37.1 Å². The van der Waals surface area contributed by atoms with Crippen LogP contribution in [0.5, 0.6) is 6.01 Å². The highest BCUT2D eigenvalue weighted by Gasteiger charge is 2.44. The molecule has 0 N–H and O–H groups in total. The zero-order valence-corrected chi connectivity index (χ0v) is 26.2. The van der Waals surface area contributed by atoms with Crippen LogP contribution in [0.1, 0.15) is 43.4 Å². The summed E-state index contributed by atoms with van der Waals surface area (Å²) in [5.74, 6) is 0.799. The molecule has 9 nitrogen and oxygen atoms in total. The van der Waals surface area contributed by atoms with E-state index in [4.69, 9.17) is 32.9 Å². The van der Waals surface area contributed by atoms with E-state index in [1.54, 1.807) is 11.0 Å². The van der Waals surface area contributed by atoms with Crippen LogP contribution < -0.4 is 14.5 Å². The molecule has 1 aromatic heterocycles. The zero-order chi connectivity index (χ0) is 30.8. The average Bonchev–Trinajstić information content (AvgIpc) is 3.70. The van der Waals surface area contributed by atoms with Crippen LogP contribution in [0.25, 0.3) is 4.85 Å². The minimum Gasteiger partial charge on any atom is -0.463 e. The van der Waals surface area contributed by atoms with Gasteiger partial charge in [0.15, 0.2) is 0 Å². The molecule has 4 heterocycles. The Labute approximate surface area is 264 Å². The molecule has 0 bridgehead atoms. The molecular formula is C33H41ClFN7O2. The smallest absolute Gasteiger partial charge is 0.318 e. The molecule has 44 heavy (non-hydrogen) atoms. The van der Waals surface area contributed by atoms with Gasteiger partial charge in [-0.05, 0) is 63.4 Å². The fraction of sp³-hybridized carbons (Fsp3) is 0.576. The first-order valence-corrected chi connectivity index (χ1v) is 16.1. The highest BCUT2D eigenvalue weighted by Crippen LogP contribution is 2.48. The van der Waals surface area contributed by atoms with E-state index in [9.17, 15) is 9.18 Å². The van der Waals surface area contributed by atoms with Crippen molar-refractivity contribution in [3.63, 3.8) is 0 Å². The van der Waals surface area contributed by atoms with Gasteiger partial charge in [0.1, 0.15) is 17.7 Å². The monoisotopic (exact) mass is 621 g/mol. The Hall–Kier alpha value is -3.42. The Morgan fingerprint density at radius 2 is 2.02 bits per heavy atom. The van der Waals surface area contributed by atoms with Gasteiger partial charge in [0.05, 0.1) is 29.6 Å². The van der Waals surface area contributed by atoms with Crippen molar-refractivity contribution in [3.8, 4) is 6.01 Å². The number of rotatable bonds is 8. The molecule has 3 aliphatic heterocycles. The number of hydrogen-bond donors (Lipinski definition) is 0. The predicted molar refractivity (Wildman–Crippen MR) is 170 cm³/mol. The van der Waals surface area contributed by atoms with Crippen molar-refractivity contribution in [2.75, 3.05) is 69.3 Å². The maximum absolute atomic E-state index is 14.4. The van der Waals surface area contributed by atoms with Crippen molar-refractivity contribution >= 4 is 29.0 Å². The topological polar surface area (TPSA) is 69.4 Å². The second kappa shape index (κ2) is 12.9. The van der Waals surface area contributed by atoms with Gasteiger partial charge in [-0.15, -0.1) is 0 Å². The van der Waals surface area contributed by atoms with Gasteiger partial charge in [-0.25, -0.2) is 11.0 Å². The summed E-state index contributed by atoms with van der Waals surface area (Å²) in [6.07, 6.45) is 7.92. The number of likely N-dealkylation sites (tertiary alicyclic amines) is 1. The number of halogens is 2. The molecular weight excluding hydrogens is 581 g/mol. The zero-order valence-electron chi connectivity index (χ0n) is 25.5. The summed E-state index contributed by atoms with van der Waals surface area (Å²) >= 11 is 6.40. The van der Waals surface area contributed by atoms with Gasteiger partial charge in [0.25, 0.3) is 0 Å². The first kappa shape index (κ1) is 30.6. The Morgan fingerprint density at radius 3 is 2.75 bits per heavy atom. The average molecular weight is 622 g/mol. The number of piperazine rings is 1. The first-order valence-electron chi connectivity index (χ1n) is 15.7. The Bertz CT molecular complexity index is 1440. The highest BCUT2D eigenvalue weighted by molar-refractivity contribution is 6.33. The van der Waals surface area contributed by atoms with E-state index in [2.05, 4.69) is 33.2 Å². The van der Waals surface area contributed by atoms with Crippen LogP contribution in [0, 0.1) is 23.7 Å². The molecule has 0 radical (unpaired) electrons. The molecule has 1 aliphatic carbocycles. The SMILES string of the molecule is [C-]#[N+]C[C@H]1CN(c2nc(OCC3(C4CCN(C)C4)CCCC3)nc3c2CCN(c2cccc(F)c2Cl)C3)CCN1C(=O)C=C. The van der Waals surface area contributed by atoms with Gasteiger partial charge in [-0.2, -0.15) is 9.97 Å². The van der Waals surface area contributed by atoms with E-state index in [1.165, 1.54) is 31.4 Å². The standard InChI is InChI=1S/C33H41ClFN7O2/c1-4-29(43)42-17-16-41(20-24(42)18-36-2)31-25-11-15-40(28-9-7-8-26(35)30(28)34)21-27(25)37-32(38-31)44-22-33(12-5-6-13-33)23-10-14-39(3)19-23/h4,7-9,23-24H,1,5-6,10-22H2,3H3/t23?,24-/m0/s1. The van der Waals surface area contributed by atoms with E-state index >= 15 is 0 Å². The number of hydrogen-bond acceptors (Lipinski definition) is 7. The number of anilines is 2. The predicted octanol–water partition coefficient (Wildman–Crippen LogP) is 4.85. The molecule has 1 aromatic carbocycles. The fourth-order valence-electron chi connectivity index (χ4n) is 7.77. The van der Waals surface area contributed by atoms with Crippen LogP contribution >= 0.6 is 11.6 Å². The summed E-state index contributed by atoms with van der Waals surface area (Å²) < 4.78 is 21.0. The molecule has 2 aromatic rings. The van der Waals surface area contributed by atoms with Crippen LogP contribution in [-0.4, -0.2) is 91.2 Å². The lowest BCUT2D eigenvalue weighted by Crippen LogP contribution is -2.56. The molecule has 0 spiro atoms. The van der Waals surface area contributed by atoms with Crippen LogP contribution in [0.3, 0.4) is 0 Å². The van der Waals surface area contributed by atoms with E-state index in [1.807, 2.05) is 6.07 Å². The van der Waals surface area contributed by atoms with E-state index in [-0.39, 0.29) is 28.9 Å². The minimum absolute atomic E-state index is 0.108. The molecule has 3 fully saturated rings. The summed E-state index contributed by atoms with van der Waals surface area (Å²) in [4.78, 5) is 34.6. The molecule has 1 saturated carbocycles. The highest BCUT2D eigenvalue weighted by atomic mass is 35.5.